The molecule has 1 fully saturated rings. The van der Waals surface area contributed by atoms with E-state index in [0.717, 1.165) is 19.3 Å². The molecule has 1 aliphatic heterocycles. The first-order valence-electron chi connectivity index (χ1n) is 9.80. The van der Waals surface area contributed by atoms with Gasteiger partial charge in [0, 0.05) is 32.0 Å². The smallest absolute Gasteiger partial charge is 0.272 e. The van der Waals surface area contributed by atoms with E-state index in [0.29, 0.717) is 24.6 Å². The summed E-state index contributed by atoms with van der Waals surface area (Å²) in [4.78, 5) is 12.9. The summed E-state index contributed by atoms with van der Waals surface area (Å²) < 4.78 is 44.2. The number of tetrazole rings is 1. The van der Waals surface area contributed by atoms with Gasteiger partial charge in [-0.15, -0.1) is 5.10 Å². The van der Waals surface area contributed by atoms with Crippen molar-refractivity contribution in [3.63, 3.8) is 0 Å². The predicted octanol–water partition coefficient (Wildman–Crippen LogP) is 1.88. The third-order valence-corrected chi connectivity index (χ3v) is 7.09. The number of hydrogen-bond acceptors (Lipinski definition) is 6. The topological polar surface area (TPSA) is 115 Å². The Hall–Kier alpha value is -3.12. The third-order valence-electron chi connectivity index (χ3n) is 5.22. The number of anilines is 1. The number of rotatable bonds is 5. The molecule has 1 aromatic carbocycles. The van der Waals surface area contributed by atoms with E-state index in [9.17, 15) is 17.6 Å². The van der Waals surface area contributed by atoms with Gasteiger partial charge in [0.2, 0.25) is 10.0 Å². The second-order valence-corrected chi connectivity index (χ2v) is 9.33. The predicted molar refractivity (Wildman–Crippen MR) is 110 cm³/mol. The fourth-order valence-electron chi connectivity index (χ4n) is 3.56. The normalized spacial score (nSPS) is 15.2. The molecule has 0 atom stereocenters. The second-order valence-electron chi connectivity index (χ2n) is 7.39. The van der Waals surface area contributed by atoms with Crippen molar-refractivity contribution in [2.75, 3.05) is 18.4 Å². The van der Waals surface area contributed by atoms with Crippen LogP contribution in [0.25, 0.3) is 5.69 Å². The molecule has 2 aromatic heterocycles. The van der Waals surface area contributed by atoms with Crippen molar-refractivity contribution in [2.45, 2.75) is 31.1 Å². The lowest BCUT2D eigenvalue weighted by molar-refractivity contribution is 0.101. The molecular weight excluding hydrogens is 425 g/mol. The minimum atomic E-state index is -3.66. The Morgan fingerprint density at radius 3 is 2.58 bits per heavy atom. The summed E-state index contributed by atoms with van der Waals surface area (Å²) in [5.41, 5.74) is 0.568. The minimum absolute atomic E-state index is 0.0751. The summed E-state index contributed by atoms with van der Waals surface area (Å²) in [7, 11) is -2.06. The number of aryl methyl sites for hydroxylation is 2. The zero-order valence-electron chi connectivity index (χ0n) is 17.1. The maximum atomic E-state index is 14.2. The largest absolute Gasteiger partial charge is 0.345 e. The van der Waals surface area contributed by atoms with Crippen LogP contribution in [0.3, 0.4) is 0 Å². The number of carbonyl (C=O) groups is 1. The number of amides is 1. The molecule has 164 valence electrons. The van der Waals surface area contributed by atoms with Gasteiger partial charge in [-0.25, -0.2) is 12.8 Å². The van der Waals surface area contributed by atoms with Crippen molar-refractivity contribution >= 4 is 21.6 Å². The van der Waals surface area contributed by atoms with Crippen molar-refractivity contribution in [3.8, 4) is 5.69 Å². The molecule has 0 bridgehead atoms. The second kappa shape index (κ2) is 8.19. The molecule has 0 radical (unpaired) electrons. The van der Waals surface area contributed by atoms with Crippen LogP contribution in [0, 0.1) is 12.7 Å². The highest BCUT2D eigenvalue weighted by atomic mass is 32.2. The van der Waals surface area contributed by atoms with Crippen LogP contribution >= 0.6 is 0 Å². The van der Waals surface area contributed by atoms with Crippen LogP contribution in [0.15, 0.2) is 35.4 Å². The van der Waals surface area contributed by atoms with Crippen molar-refractivity contribution in [2.24, 2.45) is 7.05 Å². The number of halogens is 1. The fraction of sp³-hybridized carbons (Fsp3) is 0.368. The van der Waals surface area contributed by atoms with Gasteiger partial charge in [0.25, 0.3) is 5.91 Å². The molecule has 1 saturated heterocycles. The number of nitrogens with zero attached hydrogens (tertiary/aromatic N) is 6. The lowest BCUT2D eigenvalue weighted by Crippen LogP contribution is -2.35. The minimum Gasteiger partial charge on any atom is -0.345 e. The molecule has 0 unspecified atom stereocenters. The highest BCUT2D eigenvalue weighted by molar-refractivity contribution is 7.89. The van der Waals surface area contributed by atoms with Gasteiger partial charge < -0.3 is 9.88 Å². The molecule has 1 aliphatic rings. The SMILES string of the molecule is Cc1nnnn1-c1cc(NC(=O)c2cc(S(=O)(=O)N3CCCCC3)cn2C)ccc1F. The van der Waals surface area contributed by atoms with Crippen LogP contribution in [-0.4, -0.2) is 56.5 Å². The number of hydrogen-bond donors (Lipinski definition) is 1. The standard InChI is InChI=1S/C19H22FN7O3S/c1-13-22-23-24-27(13)17-10-14(6-7-16(17)20)21-19(28)18-11-15(12-25(18)2)31(29,30)26-8-4-3-5-9-26/h6-7,10-12H,3-5,8-9H2,1-2H3,(H,21,28). The summed E-state index contributed by atoms with van der Waals surface area (Å²) in [5.74, 6) is -0.687. The Bertz CT molecular complexity index is 1230. The summed E-state index contributed by atoms with van der Waals surface area (Å²) in [6.45, 7) is 2.58. The first kappa shape index (κ1) is 21.1. The zero-order valence-corrected chi connectivity index (χ0v) is 17.9. The Balaban J connectivity index is 1.58. The number of nitrogens with one attached hydrogen (secondary N) is 1. The summed E-state index contributed by atoms with van der Waals surface area (Å²) in [6, 6.07) is 5.37. The maximum absolute atomic E-state index is 14.2. The molecule has 0 saturated carbocycles. The Labute approximate surface area is 178 Å². The van der Waals surface area contributed by atoms with Gasteiger partial charge >= 0.3 is 0 Å². The lowest BCUT2D eigenvalue weighted by atomic mass is 10.2. The van der Waals surface area contributed by atoms with Crippen LogP contribution in [0.2, 0.25) is 0 Å². The molecule has 1 N–H and O–H groups in total. The molecular formula is C19H22FN7O3S. The van der Waals surface area contributed by atoms with Gasteiger partial charge in [0.15, 0.2) is 5.82 Å². The summed E-state index contributed by atoms with van der Waals surface area (Å²) in [5, 5.41) is 13.6. The van der Waals surface area contributed by atoms with Crippen LogP contribution in [0.5, 0.6) is 0 Å². The van der Waals surface area contributed by atoms with Gasteiger partial charge in [-0.2, -0.15) is 8.99 Å². The Morgan fingerprint density at radius 1 is 1.16 bits per heavy atom. The average molecular weight is 447 g/mol. The maximum Gasteiger partial charge on any atom is 0.272 e. The monoisotopic (exact) mass is 447 g/mol. The number of aromatic nitrogens is 5. The highest BCUT2D eigenvalue weighted by Crippen LogP contribution is 2.24. The molecule has 10 nitrogen and oxygen atoms in total. The van der Waals surface area contributed by atoms with Crippen molar-refractivity contribution in [1.82, 2.24) is 29.1 Å². The first-order chi connectivity index (χ1) is 14.8. The molecule has 3 aromatic rings. The van der Waals surface area contributed by atoms with E-state index in [-0.39, 0.29) is 16.3 Å². The number of piperidine rings is 1. The van der Waals surface area contributed by atoms with Gasteiger partial charge in [-0.3, -0.25) is 4.79 Å². The van der Waals surface area contributed by atoms with E-state index < -0.39 is 21.7 Å². The molecule has 0 spiro atoms. The van der Waals surface area contributed by atoms with E-state index in [2.05, 4.69) is 20.8 Å². The van der Waals surface area contributed by atoms with Crippen molar-refractivity contribution < 1.29 is 17.6 Å². The van der Waals surface area contributed by atoms with E-state index in [1.165, 1.54) is 44.0 Å². The zero-order chi connectivity index (χ0) is 22.2. The van der Waals surface area contributed by atoms with Crippen LogP contribution in [-0.2, 0) is 17.1 Å². The molecule has 1 amide bonds. The van der Waals surface area contributed by atoms with Crippen molar-refractivity contribution in [1.29, 1.82) is 0 Å². The number of carbonyl (C=O) groups excluding carboxylic acids is 1. The van der Waals surface area contributed by atoms with Crippen molar-refractivity contribution in [3.05, 3.63) is 47.8 Å². The average Bonchev–Trinajstić information content (AvgIpc) is 3.36. The van der Waals surface area contributed by atoms with Gasteiger partial charge in [0.05, 0.1) is 0 Å². The van der Waals surface area contributed by atoms with Crippen LogP contribution in [0.1, 0.15) is 35.6 Å². The first-order valence-corrected chi connectivity index (χ1v) is 11.2. The van der Waals surface area contributed by atoms with E-state index >= 15 is 0 Å². The molecule has 31 heavy (non-hydrogen) atoms. The van der Waals surface area contributed by atoms with Crippen LogP contribution in [0.4, 0.5) is 10.1 Å². The highest BCUT2D eigenvalue weighted by Gasteiger charge is 2.28. The summed E-state index contributed by atoms with van der Waals surface area (Å²) >= 11 is 0. The number of benzene rings is 1. The van der Waals surface area contributed by atoms with Crippen LogP contribution < -0.4 is 5.32 Å². The number of sulfonamides is 1. The fourth-order valence-corrected chi connectivity index (χ4v) is 5.15. The van der Waals surface area contributed by atoms with E-state index in [1.807, 2.05) is 0 Å². The summed E-state index contributed by atoms with van der Waals surface area (Å²) in [6.07, 6.45) is 4.10. The molecule has 3 heterocycles. The van der Waals surface area contributed by atoms with Gasteiger partial charge in [-0.05, 0) is 54.5 Å². The Kier molecular flexibility index (Phi) is 5.58. The quantitative estimate of drug-likeness (QED) is 0.639. The third kappa shape index (κ3) is 4.08. The van der Waals surface area contributed by atoms with Gasteiger partial charge in [0.1, 0.15) is 22.1 Å². The lowest BCUT2D eigenvalue weighted by Gasteiger charge is -2.25. The van der Waals surface area contributed by atoms with E-state index in [1.54, 1.807) is 14.0 Å². The molecule has 4 rings (SSSR count). The molecule has 12 heteroatoms. The van der Waals surface area contributed by atoms with Gasteiger partial charge in [-0.1, -0.05) is 6.42 Å². The van der Waals surface area contributed by atoms with E-state index in [4.69, 9.17) is 0 Å². The molecule has 0 aliphatic carbocycles. The Morgan fingerprint density at radius 2 is 1.90 bits per heavy atom.